The normalized spacial score (nSPS) is 12.8. The summed E-state index contributed by atoms with van der Waals surface area (Å²) in [6.45, 7) is 16.0. The van der Waals surface area contributed by atoms with Crippen molar-refractivity contribution in [3.05, 3.63) is 89.5 Å². The standard InChI is InChI=1S/C30H36O2Si/c1-8-16-32-29-22(17-23(31-5)19-27(29)30(2,3)4)20-33(6,7)28-15-11-14-25-24-13-10-9-12-21(24)18-26(25)28/h8-15,17,19H,1,16,18,20H2,2-7H3. The molecule has 3 aromatic rings. The van der Waals surface area contributed by atoms with Crippen LogP contribution in [0.2, 0.25) is 13.1 Å². The highest BCUT2D eigenvalue weighted by Crippen LogP contribution is 2.40. The van der Waals surface area contributed by atoms with E-state index in [0.29, 0.717) is 6.61 Å². The number of benzene rings is 3. The molecule has 1 aliphatic rings. The van der Waals surface area contributed by atoms with Gasteiger partial charge in [-0.15, -0.1) is 0 Å². The molecule has 2 nitrogen and oxygen atoms in total. The molecule has 0 bridgehead atoms. The van der Waals surface area contributed by atoms with Gasteiger partial charge < -0.3 is 9.47 Å². The minimum atomic E-state index is -1.87. The summed E-state index contributed by atoms with van der Waals surface area (Å²) < 4.78 is 12.0. The predicted octanol–water partition coefficient (Wildman–Crippen LogP) is 6.83. The molecular weight excluding hydrogens is 420 g/mol. The van der Waals surface area contributed by atoms with E-state index in [2.05, 4.69) is 95.0 Å². The van der Waals surface area contributed by atoms with Gasteiger partial charge in [-0.1, -0.05) is 94.2 Å². The van der Waals surface area contributed by atoms with Crippen molar-refractivity contribution in [3.63, 3.8) is 0 Å². The van der Waals surface area contributed by atoms with E-state index in [0.717, 1.165) is 24.0 Å². The van der Waals surface area contributed by atoms with E-state index < -0.39 is 8.07 Å². The topological polar surface area (TPSA) is 18.5 Å². The third-order valence-electron chi connectivity index (χ3n) is 6.74. The molecule has 0 aromatic heterocycles. The van der Waals surface area contributed by atoms with Crippen molar-refractivity contribution in [1.82, 2.24) is 0 Å². The van der Waals surface area contributed by atoms with E-state index in [1.54, 1.807) is 12.3 Å². The maximum Gasteiger partial charge on any atom is 0.126 e. The summed E-state index contributed by atoms with van der Waals surface area (Å²) in [5.41, 5.74) is 8.14. The molecule has 172 valence electrons. The maximum atomic E-state index is 6.32. The van der Waals surface area contributed by atoms with Crippen LogP contribution in [0.1, 0.15) is 43.0 Å². The van der Waals surface area contributed by atoms with Crippen LogP contribution in [0.3, 0.4) is 0 Å². The molecule has 0 fully saturated rings. The van der Waals surface area contributed by atoms with Crippen molar-refractivity contribution in [3.8, 4) is 22.6 Å². The van der Waals surface area contributed by atoms with E-state index in [1.807, 2.05) is 6.08 Å². The molecule has 0 unspecified atom stereocenters. The summed E-state index contributed by atoms with van der Waals surface area (Å²) >= 11 is 0. The highest BCUT2D eigenvalue weighted by molar-refractivity contribution is 6.89. The predicted molar refractivity (Wildman–Crippen MR) is 143 cm³/mol. The third kappa shape index (κ3) is 4.52. The Hall–Kier alpha value is -2.78. The monoisotopic (exact) mass is 456 g/mol. The van der Waals surface area contributed by atoms with Gasteiger partial charge in [-0.25, -0.2) is 0 Å². The minimum absolute atomic E-state index is 0.0544. The Balaban J connectivity index is 1.80. The van der Waals surface area contributed by atoms with Crippen LogP contribution in [0.4, 0.5) is 0 Å². The Bertz CT molecular complexity index is 1180. The number of methoxy groups -OCH3 is 1. The van der Waals surface area contributed by atoms with Gasteiger partial charge in [0.05, 0.1) is 15.2 Å². The lowest BCUT2D eigenvalue weighted by atomic mass is 9.85. The summed E-state index contributed by atoms with van der Waals surface area (Å²) in [5.74, 6) is 1.90. The van der Waals surface area contributed by atoms with Crippen LogP contribution in [0.25, 0.3) is 11.1 Å². The second kappa shape index (κ2) is 8.87. The zero-order valence-electron chi connectivity index (χ0n) is 20.9. The van der Waals surface area contributed by atoms with Gasteiger partial charge in [-0.05, 0) is 57.8 Å². The molecule has 33 heavy (non-hydrogen) atoms. The van der Waals surface area contributed by atoms with Crippen LogP contribution >= 0.6 is 0 Å². The summed E-state index contributed by atoms with van der Waals surface area (Å²) in [4.78, 5) is 0. The summed E-state index contributed by atoms with van der Waals surface area (Å²) in [6.07, 6.45) is 2.85. The first-order chi connectivity index (χ1) is 15.7. The van der Waals surface area contributed by atoms with Crippen LogP contribution in [0, 0.1) is 0 Å². The summed E-state index contributed by atoms with van der Waals surface area (Å²) in [5, 5.41) is 1.55. The molecule has 0 amide bonds. The fourth-order valence-corrected chi connectivity index (χ4v) is 8.13. The first-order valence-electron chi connectivity index (χ1n) is 11.8. The molecular formula is C30H36O2Si. The van der Waals surface area contributed by atoms with E-state index in [9.17, 15) is 0 Å². The second-order valence-electron chi connectivity index (χ2n) is 10.7. The van der Waals surface area contributed by atoms with E-state index >= 15 is 0 Å². The SMILES string of the molecule is C=CCOc1c(C[Si](C)(C)c2cccc3c2Cc2ccccc2-3)cc(OC)cc1C(C)(C)C. The lowest BCUT2D eigenvalue weighted by molar-refractivity contribution is 0.345. The number of ether oxygens (including phenoxy) is 2. The molecule has 3 heteroatoms. The van der Waals surface area contributed by atoms with E-state index in [-0.39, 0.29) is 5.41 Å². The van der Waals surface area contributed by atoms with Crippen molar-refractivity contribution >= 4 is 13.3 Å². The number of hydrogen-bond acceptors (Lipinski definition) is 2. The van der Waals surface area contributed by atoms with Gasteiger partial charge >= 0.3 is 0 Å². The number of rotatable bonds is 7. The van der Waals surface area contributed by atoms with Crippen LogP contribution in [0.5, 0.6) is 11.5 Å². The van der Waals surface area contributed by atoms with Gasteiger partial charge in [-0.3, -0.25) is 0 Å². The molecule has 0 saturated carbocycles. The molecule has 0 aliphatic heterocycles. The first kappa shape index (κ1) is 23.4. The van der Waals surface area contributed by atoms with Gasteiger partial charge in [0, 0.05) is 5.56 Å². The molecule has 0 heterocycles. The Morgan fingerprint density at radius 3 is 2.42 bits per heavy atom. The van der Waals surface area contributed by atoms with Crippen molar-refractivity contribution < 1.29 is 9.47 Å². The molecule has 0 saturated heterocycles. The first-order valence-corrected chi connectivity index (χ1v) is 15.0. The minimum Gasteiger partial charge on any atom is -0.497 e. The number of fused-ring (bicyclic) bond motifs is 3. The Labute approximate surface area is 200 Å². The average molecular weight is 457 g/mol. The lowest BCUT2D eigenvalue weighted by Gasteiger charge is -2.30. The number of hydrogen-bond donors (Lipinski definition) is 0. The molecule has 0 N–H and O–H groups in total. The van der Waals surface area contributed by atoms with Gasteiger partial charge in [0.2, 0.25) is 0 Å². The highest BCUT2D eigenvalue weighted by Gasteiger charge is 2.33. The van der Waals surface area contributed by atoms with E-state index in [1.165, 1.54) is 33.4 Å². The van der Waals surface area contributed by atoms with Crippen molar-refractivity contribution in [2.75, 3.05) is 13.7 Å². The average Bonchev–Trinajstić information content (AvgIpc) is 3.15. The largest absolute Gasteiger partial charge is 0.497 e. The fourth-order valence-electron chi connectivity index (χ4n) is 5.14. The summed E-state index contributed by atoms with van der Waals surface area (Å²) in [6, 6.07) is 21.0. The van der Waals surface area contributed by atoms with Crippen LogP contribution in [0.15, 0.2) is 67.3 Å². The van der Waals surface area contributed by atoms with Crippen LogP contribution < -0.4 is 14.7 Å². The molecule has 1 aliphatic carbocycles. The molecule has 3 aromatic carbocycles. The third-order valence-corrected chi connectivity index (χ3v) is 9.93. The van der Waals surface area contributed by atoms with E-state index in [4.69, 9.17) is 9.47 Å². The van der Waals surface area contributed by atoms with Crippen molar-refractivity contribution in [2.24, 2.45) is 0 Å². The Morgan fingerprint density at radius 2 is 1.73 bits per heavy atom. The van der Waals surface area contributed by atoms with Gasteiger partial charge in [-0.2, -0.15) is 0 Å². The molecule has 0 spiro atoms. The van der Waals surface area contributed by atoms with Gasteiger partial charge in [0.15, 0.2) is 0 Å². The zero-order valence-corrected chi connectivity index (χ0v) is 21.9. The van der Waals surface area contributed by atoms with Gasteiger partial charge in [0.1, 0.15) is 18.1 Å². The van der Waals surface area contributed by atoms with Crippen molar-refractivity contribution in [1.29, 1.82) is 0 Å². The molecule has 0 radical (unpaired) electrons. The Kier molecular flexibility index (Phi) is 6.28. The second-order valence-corrected chi connectivity index (χ2v) is 15.4. The van der Waals surface area contributed by atoms with Crippen LogP contribution in [-0.2, 0) is 17.9 Å². The Morgan fingerprint density at radius 1 is 1.00 bits per heavy atom. The smallest absolute Gasteiger partial charge is 0.126 e. The maximum absolute atomic E-state index is 6.32. The van der Waals surface area contributed by atoms with Gasteiger partial charge in [0.25, 0.3) is 0 Å². The van der Waals surface area contributed by atoms with Crippen molar-refractivity contribution in [2.45, 2.75) is 51.7 Å². The molecule has 0 atom stereocenters. The fraction of sp³-hybridized carbons (Fsp3) is 0.333. The zero-order chi connectivity index (χ0) is 23.8. The lowest BCUT2D eigenvalue weighted by Crippen LogP contribution is -2.46. The summed E-state index contributed by atoms with van der Waals surface area (Å²) in [7, 11) is -0.116. The molecule has 4 rings (SSSR count). The highest BCUT2D eigenvalue weighted by atomic mass is 28.3. The van der Waals surface area contributed by atoms with Crippen LogP contribution in [-0.4, -0.2) is 21.8 Å². The quantitative estimate of drug-likeness (QED) is 0.224.